The SMILES string of the molecule is NC[C@H]1CC[C@@H](C(=O)NCCCn2cnc3ccccc32)O1. The molecule has 2 atom stereocenters. The molecular weight excluding hydrogens is 280 g/mol. The Labute approximate surface area is 129 Å². The van der Waals surface area contributed by atoms with E-state index >= 15 is 0 Å². The number of hydrogen-bond acceptors (Lipinski definition) is 4. The zero-order chi connectivity index (χ0) is 15.4. The lowest BCUT2D eigenvalue weighted by molar-refractivity contribution is -0.131. The minimum absolute atomic E-state index is 0.0218. The topological polar surface area (TPSA) is 82.2 Å². The molecular formula is C16H22N4O2. The van der Waals surface area contributed by atoms with Gasteiger partial charge in [-0.25, -0.2) is 4.98 Å². The van der Waals surface area contributed by atoms with Crippen molar-refractivity contribution in [3.63, 3.8) is 0 Å². The fraction of sp³-hybridized carbons (Fsp3) is 0.500. The lowest BCUT2D eigenvalue weighted by Gasteiger charge is -2.12. The molecule has 0 saturated carbocycles. The summed E-state index contributed by atoms with van der Waals surface area (Å²) >= 11 is 0. The summed E-state index contributed by atoms with van der Waals surface area (Å²) < 4.78 is 7.69. The average Bonchev–Trinajstić information content (AvgIpc) is 3.18. The van der Waals surface area contributed by atoms with Crippen molar-refractivity contribution in [1.82, 2.24) is 14.9 Å². The summed E-state index contributed by atoms with van der Waals surface area (Å²) in [6.07, 6.45) is 4.04. The predicted molar refractivity (Wildman–Crippen MR) is 84.3 cm³/mol. The molecule has 6 nitrogen and oxygen atoms in total. The molecule has 1 aliphatic heterocycles. The maximum Gasteiger partial charge on any atom is 0.249 e. The van der Waals surface area contributed by atoms with E-state index in [2.05, 4.69) is 20.9 Å². The molecule has 0 unspecified atom stereocenters. The lowest BCUT2D eigenvalue weighted by atomic mass is 10.2. The average molecular weight is 302 g/mol. The molecule has 2 aromatic rings. The maximum absolute atomic E-state index is 12.0. The first kappa shape index (κ1) is 15.0. The van der Waals surface area contributed by atoms with Crippen molar-refractivity contribution in [2.24, 2.45) is 5.73 Å². The first-order chi connectivity index (χ1) is 10.8. The Kier molecular flexibility index (Phi) is 4.70. The molecule has 118 valence electrons. The quantitative estimate of drug-likeness (QED) is 0.781. The summed E-state index contributed by atoms with van der Waals surface area (Å²) in [6.45, 7) is 1.95. The molecule has 1 aromatic carbocycles. The molecule has 0 radical (unpaired) electrons. The van der Waals surface area contributed by atoms with E-state index in [-0.39, 0.29) is 18.1 Å². The minimum Gasteiger partial charge on any atom is -0.364 e. The monoisotopic (exact) mass is 302 g/mol. The van der Waals surface area contributed by atoms with E-state index in [4.69, 9.17) is 10.5 Å². The number of ether oxygens (including phenoxy) is 1. The van der Waals surface area contributed by atoms with Gasteiger partial charge in [-0.1, -0.05) is 12.1 Å². The number of imidazole rings is 1. The molecule has 3 rings (SSSR count). The smallest absolute Gasteiger partial charge is 0.249 e. The zero-order valence-corrected chi connectivity index (χ0v) is 12.6. The summed E-state index contributed by atoms with van der Waals surface area (Å²) in [5.41, 5.74) is 7.67. The summed E-state index contributed by atoms with van der Waals surface area (Å²) in [6, 6.07) is 8.04. The molecule has 0 aliphatic carbocycles. The number of carbonyl (C=O) groups is 1. The van der Waals surface area contributed by atoms with Crippen LogP contribution in [0.3, 0.4) is 0 Å². The van der Waals surface area contributed by atoms with Gasteiger partial charge in [0.15, 0.2) is 0 Å². The zero-order valence-electron chi connectivity index (χ0n) is 12.6. The molecule has 6 heteroatoms. The van der Waals surface area contributed by atoms with Crippen LogP contribution >= 0.6 is 0 Å². The van der Waals surface area contributed by atoms with Crippen LogP contribution in [0.4, 0.5) is 0 Å². The second-order valence-corrected chi connectivity index (χ2v) is 5.63. The third kappa shape index (κ3) is 3.28. The number of aryl methyl sites for hydroxylation is 1. The van der Waals surface area contributed by atoms with E-state index in [0.29, 0.717) is 13.1 Å². The van der Waals surface area contributed by atoms with E-state index < -0.39 is 0 Å². The van der Waals surface area contributed by atoms with Crippen molar-refractivity contribution in [2.45, 2.75) is 38.0 Å². The highest BCUT2D eigenvalue weighted by atomic mass is 16.5. The van der Waals surface area contributed by atoms with E-state index in [9.17, 15) is 4.79 Å². The Bertz CT molecular complexity index is 640. The van der Waals surface area contributed by atoms with Gasteiger partial charge < -0.3 is 20.4 Å². The standard InChI is InChI=1S/C16H22N4O2/c17-10-12-6-7-15(22-12)16(21)18-8-3-9-20-11-19-13-4-1-2-5-14(13)20/h1-2,4-5,11-12,15H,3,6-10,17H2,(H,18,21)/t12-,15+/m1/s1. The highest BCUT2D eigenvalue weighted by molar-refractivity contribution is 5.81. The highest BCUT2D eigenvalue weighted by Crippen LogP contribution is 2.18. The lowest BCUT2D eigenvalue weighted by Crippen LogP contribution is -2.36. The van der Waals surface area contributed by atoms with Crippen LogP contribution < -0.4 is 11.1 Å². The van der Waals surface area contributed by atoms with Crippen molar-refractivity contribution in [2.75, 3.05) is 13.1 Å². The molecule has 3 N–H and O–H groups in total. The van der Waals surface area contributed by atoms with Gasteiger partial charge in [0, 0.05) is 19.6 Å². The number of aromatic nitrogens is 2. The van der Waals surface area contributed by atoms with E-state index in [1.807, 2.05) is 24.5 Å². The fourth-order valence-corrected chi connectivity index (χ4v) is 2.84. The van der Waals surface area contributed by atoms with Gasteiger partial charge >= 0.3 is 0 Å². The van der Waals surface area contributed by atoms with Gasteiger partial charge in [-0.2, -0.15) is 0 Å². The Hall–Kier alpha value is -1.92. The van der Waals surface area contributed by atoms with Gasteiger partial charge in [-0.3, -0.25) is 4.79 Å². The number of carbonyl (C=O) groups excluding carboxylic acids is 1. The van der Waals surface area contributed by atoms with Gasteiger partial charge in [0.25, 0.3) is 0 Å². The van der Waals surface area contributed by atoms with Crippen LogP contribution in [0.2, 0.25) is 0 Å². The Morgan fingerprint density at radius 3 is 3.09 bits per heavy atom. The molecule has 22 heavy (non-hydrogen) atoms. The first-order valence-electron chi connectivity index (χ1n) is 7.81. The van der Waals surface area contributed by atoms with Gasteiger partial charge in [0.05, 0.1) is 23.5 Å². The van der Waals surface area contributed by atoms with Crippen molar-refractivity contribution >= 4 is 16.9 Å². The second kappa shape index (κ2) is 6.89. The predicted octanol–water partition coefficient (Wildman–Crippen LogP) is 1.05. The van der Waals surface area contributed by atoms with Gasteiger partial charge in [-0.05, 0) is 31.4 Å². The molecule has 1 aromatic heterocycles. The van der Waals surface area contributed by atoms with Crippen LogP contribution in [-0.2, 0) is 16.1 Å². The van der Waals surface area contributed by atoms with Crippen molar-refractivity contribution in [3.8, 4) is 0 Å². The van der Waals surface area contributed by atoms with Gasteiger partial charge in [-0.15, -0.1) is 0 Å². The van der Waals surface area contributed by atoms with E-state index in [1.54, 1.807) is 0 Å². The number of fused-ring (bicyclic) bond motifs is 1. The number of amides is 1. The molecule has 1 aliphatic rings. The molecule has 2 heterocycles. The summed E-state index contributed by atoms with van der Waals surface area (Å²) in [5.74, 6) is -0.0218. The largest absolute Gasteiger partial charge is 0.364 e. The highest BCUT2D eigenvalue weighted by Gasteiger charge is 2.29. The number of nitrogens with zero attached hydrogens (tertiary/aromatic N) is 2. The number of rotatable bonds is 6. The third-order valence-electron chi connectivity index (χ3n) is 4.07. The minimum atomic E-state index is -0.331. The second-order valence-electron chi connectivity index (χ2n) is 5.63. The van der Waals surface area contributed by atoms with Crippen LogP contribution in [0.1, 0.15) is 19.3 Å². The van der Waals surface area contributed by atoms with Gasteiger partial charge in [0.1, 0.15) is 6.10 Å². The van der Waals surface area contributed by atoms with E-state index in [1.165, 1.54) is 0 Å². The van der Waals surface area contributed by atoms with Crippen LogP contribution in [0.15, 0.2) is 30.6 Å². The van der Waals surface area contributed by atoms with Gasteiger partial charge in [0.2, 0.25) is 5.91 Å². The number of para-hydroxylation sites is 2. The van der Waals surface area contributed by atoms with Crippen LogP contribution in [0.25, 0.3) is 11.0 Å². The maximum atomic E-state index is 12.0. The summed E-state index contributed by atoms with van der Waals surface area (Å²) in [4.78, 5) is 16.3. The summed E-state index contributed by atoms with van der Waals surface area (Å²) in [5, 5.41) is 2.94. The number of nitrogens with two attached hydrogens (primary N) is 1. The molecule has 1 saturated heterocycles. The molecule has 1 fully saturated rings. The Balaban J connectivity index is 1.43. The molecule has 0 bridgehead atoms. The van der Waals surface area contributed by atoms with Crippen molar-refractivity contribution in [1.29, 1.82) is 0 Å². The number of hydrogen-bond donors (Lipinski definition) is 2. The Morgan fingerprint density at radius 1 is 1.41 bits per heavy atom. The van der Waals surface area contributed by atoms with Crippen molar-refractivity contribution in [3.05, 3.63) is 30.6 Å². The summed E-state index contributed by atoms with van der Waals surface area (Å²) in [7, 11) is 0. The fourth-order valence-electron chi connectivity index (χ4n) is 2.84. The third-order valence-corrected chi connectivity index (χ3v) is 4.07. The van der Waals surface area contributed by atoms with Crippen LogP contribution in [-0.4, -0.2) is 40.8 Å². The normalized spacial score (nSPS) is 21.3. The van der Waals surface area contributed by atoms with Crippen molar-refractivity contribution < 1.29 is 9.53 Å². The van der Waals surface area contributed by atoms with Crippen LogP contribution in [0, 0.1) is 0 Å². The molecule has 0 spiro atoms. The number of nitrogens with one attached hydrogen (secondary N) is 1. The Morgan fingerprint density at radius 2 is 2.27 bits per heavy atom. The molecule has 1 amide bonds. The van der Waals surface area contributed by atoms with E-state index in [0.717, 1.165) is 36.8 Å². The van der Waals surface area contributed by atoms with Crippen LogP contribution in [0.5, 0.6) is 0 Å². The number of benzene rings is 1. The first-order valence-corrected chi connectivity index (χ1v) is 7.81.